The molecule has 3 nitrogen and oxygen atoms in total. The van der Waals surface area contributed by atoms with Crippen LogP contribution in [0.2, 0.25) is 0 Å². The van der Waals surface area contributed by atoms with Gasteiger partial charge in [-0.25, -0.2) is 0 Å². The summed E-state index contributed by atoms with van der Waals surface area (Å²) in [5, 5.41) is 8.46. The van der Waals surface area contributed by atoms with E-state index in [1.165, 1.54) is 0 Å². The van der Waals surface area contributed by atoms with Gasteiger partial charge in [0.15, 0.2) is 0 Å². The van der Waals surface area contributed by atoms with Gasteiger partial charge in [0.1, 0.15) is 0 Å². The molecular formula is C9H18O3S. The molecular weight excluding hydrogens is 188 g/mol. The maximum atomic E-state index is 11.0. The average molecular weight is 206 g/mol. The van der Waals surface area contributed by atoms with Crippen LogP contribution < -0.4 is 0 Å². The summed E-state index contributed by atoms with van der Waals surface area (Å²) in [6.07, 6.45) is 3.73. The van der Waals surface area contributed by atoms with E-state index in [0.717, 1.165) is 25.0 Å². The van der Waals surface area contributed by atoms with Crippen LogP contribution in [-0.2, 0) is 9.53 Å². The fourth-order valence-electron chi connectivity index (χ4n) is 0.853. The largest absolute Gasteiger partial charge is 0.466 e. The molecule has 1 N–H and O–H groups in total. The predicted molar refractivity (Wildman–Crippen MR) is 55.0 cm³/mol. The van der Waals surface area contributed by atoms with Crippen LogP contribution in [0.3, 0.4) is 0 Å². The van der Waals surface area contributed by atoms with E-state index < -0.39 is 0 Å². The second-order valence-electron chi connectivity index (χ2n) is 2.83. The number of thiol groups is 1. The molecule has 0 aliphatic carbocycles. The van der Waals surface area contributed by atoms with Crippen LogP contribution in [0.25, 0.3) is 0 Å². The summed E-state index contributed by atoms with van der Waals surface area (Å²) in [4.78, 5) is 11.0. The van der Waals surface area contributed by atoms with Crippen molar-refractivity contribution in [2.45, 2.75) is 32.1 Å². The molecule has 0 fully saturated rings. The molecule has 0 aromatic rings. The van der Waals surface area contributed by atoms with Gasteiger partial charge in [0.05, 0.1) is 6.61 Å². The molecule has 0 bridgehead atoms. The number of aliphatic hydroxyl groups is 1. The number of hydrogen-bond donors (Lipinski definition) is 2. The molecule has 0 saturated heterocycles. The molecule has 0 atom stereocenters. The number of rotatable bonds is 8. The van der Waals surface area contributed by atoms with Gasteiger partial charge in [-0.1, -0.05) is 0 Å². The maximum Gasteiger partial charge on any atom is 0.305 e. The molecule has 0 aliphatic rings. The third kappa shape index (κ3) is 9.70. The number of carbonyl (C=O) groups excluding carboxylic acids is 1. The van der Waals surface area contributed by atoms with Crippen LogP contribution in [-0.4, -0.2) is 30.0 Å². The van der Waals surface area contributed by atoms with Crippen molar-refractivity contribution in [2.75, 3.05) is 19.0 Å². The molecule has 0 unspecified atom stereocenters. The van der Waals surface area contributed by atoms with Crippen LogP contribution in [0.15, 0.2) is 0 Å². The lowest BCUT2D eigenvalue weighted by molar-refractivity contribution is -0.143. The molecule has 0 aliphatic heterocycles. The monoisotopic (exact) mass is 206 g/mol. The Balaban J connectivity index is 3.11. The van der Waals surface area contributed by atoms with Gasteiger partial charge in [0, 0.05) is 13.0 Å². The average Bonchev–Trinajstić information content (AvgIpc) is 2.13. The number of unbranched alkanes of at least 4 members (excludes halogenated alkanes) is 2. The Morgan fingerprint density at radius 1 is 1.23 bits per heavy atom. The first-order valence-corrected chi connectivity index (χ1v) is 5.32. The highest BCUT2D eigenvalue weighted by Gasteiger charge is 2.00. The van der Waals surface area contributed by atoms with E-state index in [1.807, 2.05) is 0 Å². The summed E-state index contributed by atoms with van der Waals surface area (Å²) in [5.74, 6) is 0.678. The van der Waals surface area contributed by atoms with Gasteiger partial charge in [0.25, 0.3) is 0 Å². The van der Waals surface area contributed by atoms with Crippen molar-refractivity contribution in [3.8, 4) is 0 Å². The van der Waals surface area contributed by atoms with Gasteiger partial charge in [-0.15, -0.1) is 0 Å². The minimum Gasteiger partial charge on any atom is -0.466 e. The highest BCUT2D eigenvalue weighted by molar-refractivity contribution is 7.80. The Bertz CT molecular complexity index is 128. The number of hydrogen-bond acceptors (Lipinski definition) is 4. The molecule has 0 aromatic carbocycles. The zero-order chi connectivity index (χ0) is 9.94. The van der Waals surface area contributed by atoms with Gasteiger partial charge >= 0.3 is 5.97 Å². The van der Waals surface area contributed by atoms with Crippen molar-refractivity contribution in [2.24, 2.45) is 0 Å². The molecule has 13 heavy (non-hydrogen) atoms. The third-order valence-corrected chi connectivity index (χ3v) is 1.92. The highest BCUT2D eigenvalue weighted by Crippen LogP contribution is 1.99. The third-order valence-electron chi connectivity index (χ3n) is 1.60. The van der Waals surface area contributed by atoms with Gasteiger partial charge in [-0.05, 0) is 31.4 Å². The smallest absolute Gasteiger partial charge is 0.305 e. The molecule has 0 heterocycles. The summed E-state index contributed by atoms with van der Waals surface area (Å²) >= 11 is 4.04. The first-order valence-electron chi connectivity index (χ1n) is 4.68. The van der Waals surface area contributed by atoms with Crippen molar-refractivity contribution in [3.63, 3.8) is 0 Å². The number of ether oxygens (including phenoxy) is 1. The minimum atomic E-state index is -0.139. The van der Waals surface area contributed by atoms with Gasteiger partial charge < -0.3 is 9.84 Å². The SMILES string of the molecule is O=C(CCCCS)OCCCCO. The van der Waals surface area contributed by atoms with Crippen LogP contribution in [0, 0.1) is 0 Å². The van der Waals surface area contributed by atoms with Gasteiger partial charge in [-0.3, -0.25) is 4.79 Å². The van der Waals surface area contributed by atoms with Crippen molar-refractivity contribution < 1.29 is 14.6 Å². The summed E-state index contributed by atoms with van der Waals surface area (Å²) in [5.41, 5.74) is 0. The molecule has 0 aromatic heterocycles. The van der Waals surface area contributed by atoms with Gasteiger partial charge in [0.2, 0.25) is 0 Å². The Hall–Kier alpha value is -0.220. The van der Waals surface area contributed by atoms with Crippen LogP contribution >= 0.6 is 12.6 Å². The van der Waals surface area contributed by atoms with E-state index in [9.17, 15) is 4.79 Å². The number of esters is 1. The fraction of sp³-hybridized carbons (Fsp3) is 0.889. The minimum absolute atomic E-state index is 0.139. The topological polar surface area (TPSA) is 46.5 Å². The highest BCUT2D eigenvalue weighted by atomic mass is 32.1. The lowest BCUT2D eigenvalue weighted by Gasteiger charge is -2.02. The van der Waals surface area contributed by atoms with Crippen LogP contribution in [0.4, 0.5) is 0 Å². The zero-order valence-electron chi connectivity index (χ0n) is 7.87. The maximum absolute atomic E-state index is 11.0. The summed E-state index contributed by atoms with van der Waals surface area (Å²) in [6.45, 7) is 0.595. The van der Waals surface area contributed by atoms with E-state index in [1.54, 1.807) is 0 Å². The summed E-state index contributed by atoms with van der Waals surface area (Å²) in [7, 11) is 0. The van der Waals surface area contributed by atoms with E-state index >= 15 is 0 Å². The normalized spacial score (nSPS) is 10.0. The van der Waals surface area contributed by atoms with E-state index in [2.05, 4.69) is 12.6 Å². The molecule has 0 radical (unpaired) electrons. The quantitative estimate of drug-likeness (QED) is 0.358. The Labute approximate surface area is 84.9 Å². The first kappa shape index (κ1) is 12.8. The van der Waals surface area contributed by atoms with E-state index in [4.69, 9.17) is 9.84 Å². The molecule has 0 amide bonds. The second kappa shape index (κ2) is 9.86. The summed E-state index contributed by atoms with van der Waals surface area (Å²) < 4.78 is 4.92. The zero-order valence-corrected chi connectivity index (χ0v) is 8.76. The van der Waals surface area contributed by atoms with Crippen molar-refractivity contribution in [1.82, 2.24) is 0 Å². The van der Waals surface area contributed by atoms with Gasteiger partial charge in [-0.2, -0.15) is 12.6 Å². The molecule has 4 heteroatoms. The van der Waals surface area contributed by atoms with Crippen molar-refractivity contribution >= 4 is 18.6 Å². The van der Waals surface area contributed by atoms with Crippen molar-refractivity contribution in [3.05, 3.63) is 0 Å². The molecule has 0 rings (SSSR count). The second-order valence-corrected chi connectivity index (χ2v) is 3.28. The molecule has 0 spiro atoms. The Morgan fingerprint density at radius 2 is 2.00 bits per heavy atom. The lowest BCUT2D eigenvalue weighted by Crippen LogP contribution is -2.06. The Morgan fingerprint density at radius 3 is 2.62 bits per heavy atom. The predicted octanol–water partition coefficient (Wildman–Crippen LogP) is 1.40. The van der Waals surface area contributed by atoms with Crippen LogP contribution in [0.5, 0.6) is 0 Å². The number of carbonyl (C=O) groups is 1. The van der Waals surface area contributed by atoms with Crippen LogP contribution in [0.1, 0.15) is 32.1 Å². The van der Waals surface area contributed by atoms with E-state index in [-0.39, 0.29) is 12.6 Å². The fourth-order valence-corrected chi connectivity index (χ4v) is 1.08. The van der Waals surface area contributed by atoms with E-state index in [0.29, 0.717) is 19.4 Å². The Kier molecular flexibility index (Phi) is 9.70. The van der Waals surface area contributed by atoms with Crippen molar-refractivity contribution in [1.29, 1.82) is 0 Å². The number of aliphatic hydroxyl groups excluding tert-OH is 1. The molecule has 0 saturated carbocycles. The molecule has 78 valence electrons. The standard InChI is InChI=1S/C9H18O3S/c10-6-2-3-7-12-9(11)5-1-4-8-13/h10,13H,1-8H2. The first-order chi connectivity index (χ1) is 6.31. The lowest BCUT2D eigenvalue weighted by atomic mass is 10.2. The summed E-state index contributed by atoms with van der Waals surface area (Å²) in [6, 6.07) is 0.